The van der Waals surface area contributed by atoms with Crippen molar-refractivity contribution in [3.8, 4) is 5.75 Å². The first-order valence-corrected chi connectivity index (χ1v) is 5.93. The Kier molecular flexibility index (Phi) is 2.73. The minimum absolute atomic E-state index is 0.188. The number of nitrogens with one attached hydrogen (secondary N) is 1. The zero-order chi connectivity index (χ0) is 11.7. The predicted molar refractivity (Wildman–Crippen MR) is 65.4 cm³/mol. The van der Waals surface area contributed by atoms with Gasteiger partial charge in [0.2, 0.25) is 0 Å². The second kappa shape index (κ2) is 4.37. The van der Waals surface area contributed by atoms with Crippen LogP contribution in [0.4, 0.5) is 0 Å². The molecule has 0 amide bonds. The van der Waals surface area contributed by atoms with Gasteiger partial charge in [0, 0.05) is 19.5 Å². The number of fused-ring (bicyclic) bond motifs is 1. The number of ether oxygens (including phenoxy) is 1. The van der Waals surface area contributed by atoms with Crippen LogP contribution in [-0.4, -0.2) is 32.0 Å². The SMILES string of the molecule is COc1ccc(CC2ON=C3CNCC32)cc1. The Labute approximate surface area is 101 Å². The smallest absolute Gasteiger partial charge is 0.140 e. The quantitative estimate of drug-likeness (QED) is 0.852. The van der Waals surface area contributed by atoms with Gasteiger partial charge in [0.15, 0.2) is 0 Å². The summed E-state index contributed by atoms with van der Waals surface area (Å²) in [6, 6.07) is 8.14. The molecule has 2 unspecified atom stereocenters. The lowest BCUT2D eigenvalue weighted by Crippen LogP contribution is -2.25. The molecule has 1 aromatic carbocycles. The first kappa shape index (κ1) is 10.6. The topological polar surface area (TPSA) is 42.9 Å². The van der Waals surface area contributed by atoms with Crippen molar-refractivity contribution in [3.05, 3.63) is 29.8 Å². The van der Waals surface area contributed by atoms with Gasteiger partial charge in [-0.3, -0.25) is 0 Å². The van der Waals surface area contributed by atoms with Crippen molar-refractivity contribution in [3.63, 3.8) is 0 Å². The van der Waals surface area contributed by atoms with Crippen LogP contribution in [-0.2, 0) is 11.3 Å². The second-order valence-electron chi connectivity index (χ2n) is 4.52. The molecule has 4 heteroatoms. The molecule has 0 radical (unpaired) electrons. The van der Waals surface area contributed by atoms with Crippen LogP contribution in [0.1, 0.15) is 5.56 Å². The predicted octanol–water partition coefficient (Wildman–Crippen LogP) is 1.21. The summed E-state index contributed by atoms with van der Waals surface area (Å²) in [6.07, 6.45) is 1.09. The van der Waals surface area contributed by atoms with Gasteiger partial charge in [0.05, 0.1) is 18.7 Å². The highest BCUT2D eigenvalue weighted by Crippen LogP contribution is 2.25. The summed E-state index contributed by atoms with van der Waals surface area (Å²) < 4.78 is 5.14. The fraction of sp³-hybridized carbons (Fsp3) is 0.462. The zero-order valence-corrected chi connectivity index (χ0v) is 9.85. The maximum atomic E-state index is 5.50. The maximum absolute atomic E-state index is 5.50. The van der Waals surface area contributed by atoms with Crippen molar-refractivity contribution in [2.75, 3.05) is 20.2 Å². The van der Waals surface area contributed by atoms with E-state index in [2.05, 4.69) is 22.6 Å². The molecular formula is C13H16N2O2. The number of hydrogen-bond acceptors (Lipinski definition) is 4. The van der Waals surface area contributed by atoms with Crippen LogP contribution in [0.25, 0.3) is 0 Å². The Morgan fingerprint density at radius 1 is 1.41 bits per heavy atom. The number of rotatable bonds is 3. The Bertz CT molecular complexity index is 428. The maximum Gasteiger partial charge on any atom is 0.140 e. The molecule has 1 saturated heterocycles. The number of oxime groups is 1. The van der Waals surface area contributed by atoms with Crippen LogP contribution in [0.2, 0.25) is 0 Å². The van der Waals surface area contributed by atoms with Gasteiger partial charge in [-0.25, -0.2) is 0 Å². The van der Waals surface area contributed by atoms with E-state index in [0.29, 0.717) is 5.92 Å². The van der Waals surface area contributed by atoms with Crippen LogP contribution in [0.5, 0.6) is 5.75 Å². The third-order valence-electron chi connectivity index (χ3n) is 3.45. The Hall–Kier alpha value is -1.55. The Morgan fingerprint density at radius 2 is 2.24 bits per heavy atom. The van der Waals surface area contributed by atoms with Crippen molar-refractivity contribution >= 4 is 5.71 Å². The van der Waals surface area contributed by atoms with Crippen molar-refractivity contribution in [1.29, 1.82) is 0 Å². The molecular weight excluding hydrogens is 216 g/mol. The van der Waals surface area contributed by atoms with Crippen LogP contribution in [0.3, 0.4) is 0 Å². The van der Waals surface area contributed by atoms with Gasteiger partial charge in [0.25, 0.3) is 0 Å². The van der Waals surface area contributed by atoms with E-state index in [1.165, 1.54) is 11.3 Å². The van der Waals surface area contributed by atoms with Gasteiger partial charge >= 0.3 is 0 Å². The highest BCUT2D eigenvalue weighted by Gasteiger charge is 2.37. The molecule has 0 bridgehead atoms. The number of nitrogens with zero attached hydrogens (tertiary/aromatic N) is 1. The fourth-order valence-electron chi connectivity index (χ4n) is 2.43. The number of benzene rings is 1. The average Bonchev–Trinajstić information content (AvgIpc) is 2.95. The zero-order valence-electron chi connectivity index (χ0n) is 9.85. The first-order valence-electron chi connectivity index (χ1n) is 5.93. The molecule has 1 fully saturated rings. The molecule has 4 nitrogen and oxygen atoms in total. The third kappa shape index (κ3) is 2.00. The van der Waals surface area contributed by atoms with E-state index in [1.807, 2.05) is 12.1 Å². The summed E-state index contributed by atoms with van der Waals surface area (Å²) in [7, 11) is 1.68. The minimum Gasteiger partial charge on any atom is -0.497 e. The molecule has 2 aliphatic rings. The summed E-state index contributed by atoms with van der Waals surface area (Å²) in [5.74, 6) is 1.35. The monoisotopic (exact) mass is 232 g/mol. The molecule has 0 saturated carbocycles. The molecule has 3 rings (SSSR count). The summed E-state index contributed by atoms with van der Waals surface area (Å²) >= 11 is 0. The Balaban J connectivity index is 1.67. The van der Waals surface area contributed by atoms with Crippen molar-refractivity contribution in [2.24, 2.45) is 11.1 Å². The van der Waals surface area contributed by atoms with Crippen LogP contribution in [0, 0.1) is 5.92 Å². The lowest BCUT2D eigenvalue weighted by molar-refractivity contribution is 0.0625. The molecule has 90 valence electrons. The van der Waals surface area contributed by atoms with E-state index in [4.69, 9.17) is 9.57 Å². The summed E-state index contributed by atoms with van der Waals surface area (Å²) in [5, 5.41) is 7.47. The van der Waals surface area contributed by atoms with E-state index in [1.54, 1.807) is 7.11 Å². The van der Waals surface area contributed by atoms with Crippen LogP contribution >= 0.6 is 0 Å². The van der Waals surface area contributed by atoms with Crippen molar-refractivity contribution in [2.45, 2.75) is 12.5 Å². The van der Waals surface area contributed by atoms with E-state index < -0.39 is 0 Å². The number of hydrogen-bond donors (Lipinski definition) is 1. The van der Waals surface area contributed by atoms with Crippen LogP contribution in [0.15, 0.2) is 29.4 Å². The van der Waals surface area contributed by atoms with Crippen molar-refractivity contribution < 1.29 is 9.57 Å². The highest BCUT2D eigenvalue weighted by atomic mass is 16.6. The Morgan fingerprint density at radius 3 is 3.00 bits per heavy atom. The molecule has 2 atom stereocenters. The molecule has 17 heavy (non-hydrogen) atoms. The normalized spacial score (nSPS) is 26.3. The molecule has 0 aromatic heterocycles. The fourth-order valence-corrected chi connectivity index (χ4v) is 2.43. The lowest BCUT2D eigenvalue weighted by atomic mass is 9.95. The molecule has 0 spiro atoms. The van der Waals surface area contributed by atoms with Gasteiger partial charge < -0.3 is 14.9 Å². The number of methoxy groups -OCH3 is 1. The standard InChI is InChI=1S/C13H16N2O2/c1-16-10-4-2-9(3-5-10)6-13-11-7-14-8-12(11)15-17-13/h2-5,11,13-14H,6-8H2,1H3. The third-order valence-corrected chi connectivity index (χ3v) is 3.45. The van der Waals surface area contributed by atoms with Gasteiger partial charge in [-0.15, -0.1) is 0 Å². The largest absolute Gasteiger partial charge is 0.497 e. The van der Waals surface area contributed by atoms with E-state index in [-0.39, 0.29) is 6.10 Å². The van der Waals surface area contributed by atoms with E-state index >= 15 is 0 Å². The average molecular weight is 232 g/mol. The summed E-state index contributed by atoms with van der Waals surface area (Å²) in [4.78, 5) is 5.50. The molecule has 0 aliphatic carbocycles. The molecule has 1 aromatic rings. The highest BCUT2D eigenvalue weighted by molar-refractivity contribution is 5.91. The van der Waals surface area contributed by atoms with E-state index in [9.17, 15) is 0 Å². The first-order chi connectivity index (χ1) is 8.36. The van der Waals surface area contributed by atoms with Gasteiger partial charge in [0.1, 0.15) is 11.9 Å². The minimum atomic E-state index is 0.188. The lowest BCUT2D eigenvalue weighted by Gasteiger charge is -2.14. The summed E-state index contributed by atoms with van der Waals surface area (Å²) in [6.45, 7) is 1.86. The van der Waals surface area contributed by atoms with Gasteiger partial charge in [-0.05, 0) is 17.7 Å². The molecule has 1 N–H and O–H groups in total. The van der Waals surface area contributed by atoms with Gasteiger partial charge in [-0.2, -0.15) is 0 Å². The molecule has 2 aliphatic heterocycles. The second-order valence-corrected chi connectivity index (χ2v) is 4.52. The van der Waals surface area contributed by atoms with Crippen LogP contribution < -0.4 is 10.1 Å². The van der Waals surface area contributed by atoms with Gasteiger partial charge in [-0.1, -0.05) is 17.3 Å². The summed E-state index contributed by atoms with van der Waals surface area (Å²) in [5.41, 5.74) is 2.43. The van der Waals surface area contributed by atoms with Crippen molar-refractivity contribution in [1.82, 2.24) is 5.32 Å². The molecule has 2 heterocycles. The van der Waals surface area contributed by atoms with E-state index in [0.717, 1.165) is 25.3 Å².